The van der Waals surface area contributed by atoms with Crippen molar-refractivity contribution in [2.75, 3.05) is 0 Å². The molecule has 1 aromatic rings. The summed E-state index contributed by atoms with van der Waals surface area (Å²) < 4.78 is 0. The van der Waals surface area contributed by atoms with Crippen molar-refractivity contribution >= 4 is 17.6 Å². The van der Waals surface area contributed by atoms with Crippen LogP contribution in [0.1, 0.15) is 68.3 Å². The number of ketones is 2. The molecule has 0 heterocycles. The number of allylic oxidation sites excluding steroid dienone is 1. The summed E-state index contributed by atoms with van der Waals surface area (Å²) in [6, 6.07) is 2.56. The molecule has 0 spiro atoms. The van der Waals surface area contributed by atoms with Gasteiger partial charge < -0.3 is 15.3 Å². The van der Waals surface area contributed by atoms with E-state index in [4.69, 9.17) is 5.11 Å². The fraction of sp³-hybridized carbons (Fsp3) is 0.474. The lowest BCUT2D eigenvalue weighted by Crippen LogP contribution is -2.02. The Hall–Kier alpha value is -2.14. The van der Waals surface area contributed by atoms with Crippen LogP contribution in [0, 0.1) is 0 Å². The predicted octanol–water partition coefficient (Wildman–Crippen LogP) is 3.60. The van der Waals surface area contributed by atoms with Crippen molar-refractivity contribution in [3.05, 3.63) is 29.3 Å². The molecule has 0 unspecified atom stereocenters. The molecule has 1 atom stereocenters. The number of carbonyl (C=O) groups is 2. The molecule has 0 saturated heterocycles. The van der Waals surface area contributed by atoms with Gasteiger partial charge in [0, 0.05) is 18.9 Å². The Labute approximate surface area is 142 Å². The number of rotatable bonds is 10. The van der Waals surface area contributed by atoms with E-state index in [0.717, 1.165) is 6.07 Å². The summed E-state index contributed by atoms with van der Waals surface area (Å²) in [4.78, 5) is 23.3. The average molecular weight is 334 g/mol. The Morgan fingerprint density at radius 1 is 1.17 bits per heavy atom. The van der Waals surface area contributed by atoms with Crippen LogP contribution in [0.4, 0.5) is 0 Å². The van der Waals surface area contributed by atoms with E-state index < -0.39 is 0 Å². The summed E-state index contributed by atoms with van der Waals surface area (Å²) in [5.74, 6) is -0.440. The predicted molar refractivity (Wildman–Crippen MR) is 93.2 cm³/mol. The Kier molecular flexibility index (Phi) is 8.19. The number of phenols is 2. The number of hydrogen-bond donors (Lipinski definition) is 3. The van der Waals surface area contributed by atoms with Crippen LogP contribution in [0.15, 0.2) is 18.2 Å². The van der Waals surface area contributed by atoms with Gasteiger partial charge >= 0.3 is 0 Å². The summed E-state index contributed by atoms with van der Waals surface area (Å²) in [7, 11) is 0. The van der Waals surface area contributed by atoms with E-state index in [1.165, 1.54) is 13.0 Å². The molecular formula is C19H26O5. The maximum Gasteiger partial charge on any atom is 0.164 e. The molecule has 0 aromatic heterocycles. The first kappa shape index (κ1) is 19.9. The zero-order valence-corrected chi connectivity index (χ0v) is 14.3. The SMILES string of the molecule is CC(=O)c1c(O)cc(O)cc1/C=C/CCCC(=O)CCC[C@H](C)O. The van der Waals surface area contributed by atoms with Crippen LogP contribution in [0.5, 0.6) is 11.5 Å². The highest BCUT2D eigenvalue weighted by Gasteiger charge is 2.12. The maximum atomic E-state index is 11.7. The van der Waals surface area contributed by atoms with Crippen molar-refractivity contribution in [1.82, 2.24) is 0 Å². The smallest absolute Gasteiger partial charge is 0.164 e. The van der Waals surface area contributed by atoms with E-state index >= 15 is 0 Å². The molecule has 1 rings (SSSR count). The quantitative estimate of drug-likeness (QED) is 0.449. The standard InChI is InChI=1S/C19H26O5/c1-13(20)7-6-10-16(22)9-5-3-4-8-15-11-17(23)12-18(24)19(15)14(2)21/h4,8,11-13,20,23-24H,3,5-7,9-10H2,1-2H3/b8-4+/t13-/m0/s1. The van der Waals surface area contributed by atoms with Gasteiger partial charge in [0.05, 0.1) is 11.7 Å². The van der Waals surface area contributed by atoms with Gasteiger partial charge in [-0.15, -0.1) is 0 Å². The summed E-state index contributed by atoms with van der Waals surface area (Å²) >= 11 is 0. The molecule has 0 amide bonds. The van der Waals surface area contributed by atoms with Crippen LogP contribution < -0.4 is 0 Å². The lowest BCUT2D eigenvalue weighted by Gasteiger charge is -2.06. The second kappa shape index (κ2) is 9.88. The van der Waals surface area contributed by atoms with Crippen molar-refractivity contribution in [3.8, 4) is 11.5 Å². The Balaban J connectivity index is 2.48. The number of hydrogen-bond acceptors (Lipinski definition) is 5. The largest absolute Gasteiger partial charge is 0.508 e. The number of Topliss-reactive ketones (excluding diaryl/α,β-unsaturated/α-hetero) is 2. The highest BCUT2D eigenvalue weighted by molar-refractivity contribution is 6.00. The topological polar surface area (TPSA) is 94.8 Å². The second-order valence-corrected chi connectivity index (χ2v) is 6.06. The van der Waals surface area contributed by atoms with Crippen LogP contribution in [-0.4, -0.2) is 33.0 Å². The van der Waals surface area contributed by atoms with Gasteiger partial charge in [-0.1, -0.05) is 12.2 Å². The highest BCUT2D eigenvalue weighted by atomic mass is 16.3. The first-order valence-electron chi connectivity index (χ1n) is 8.24. The molecule has 3 N–H and O–H groups in total. The zero-order valence-electron chi connectivity index (χ0n) is 14.3. The van der Waals surface area contributed by atoms with Crippen LogP contribution >= 0.6 is 0 Å². The van der Waals surface area contributed by atoms with Gasteiger partial charge in [0.25, 0.3) is 0 Å². The number of aliphatic hydroxyl groups excluding tert-OH is 1. The minimum atomic E-state index is -0.366. The van der Waals surface area contributed by atoms with Gasteiger partial charge in [0.15, 0.2) is 5.78 Å². The minimum absolute atomic E-state index is 0.106. The lowest BCUT2D eigenvalue weighted by atomic mass is 10.0. The monoisotopic (exact) mass is 334 g/mol. The molecule has 0 saturated carbocycles. The van der Waals surface area contributed by atoms with E-state index in [2.05, 4.69) is 0 Å². The van der Waals surface area contributed by atoms with Crippen molar-refractivity contribution in [3.63, 3.8) is 0 Å². The summed E-state index contributed by atoms with van der Waals surface area (Å²) in [6.07, 6.45) is 6.81. The minimum Gasteiger partial charge on any atom is -0.508 e. The molecule has 0 bridgehead atoms. The van der Waals surface area contributed by atoms with Gasteiger partial charge in [-0.3, -0.25) is 9.59 Å². The lowest BCUT2D eigenvalue weighted by molar-refractivity contribution is -0.119. The third-order valence-electron chi connectivity index (χ3n) is 3.69. The van der Waals surface area contributed by atoms with E-state index in [9.17, 15) is 19.8 Å². The molecule has 5 heteroatoms. The molecule has 24 heavy (non-hydrogen) atoms. The molecule has 132 valence electrons. The summed E-state index contributed by atoms with van der Waals surface area (Å²) in [5, 5.41) is 28.4. The van der Waals surface area contributed by atoms with Crippen molar-refractivity contribution in [2.24, 2.45) is 0 Å². The van der Waals surface area contributed by atoms with Crippen LogP contribution in [0.2, 0.25) is 0 Å². The van der Waals surface area contributed by atoms with Gasteiger partial charge in [-0.2, -0.15) is 0 Å². The van der Waals surface area contributed by atoms with E-state index in [-0.39, 0.29) is 34.7 Å². The first-order valence-corrected chi connectivity index (χ1v) is 8.24. The summed E-state index contributed by atoms with van der Waals surface area (Å²) in [5.41, 5.74) is 0.640. The highest BCUT2D eigenvalue weighted by Crippen LogP contribution is 2.28. The molecule has 1 aromatic carbocycles. The van der Waals surface area contributed by atoms with E-state index in [1.54, 1.807) is 13.0 Å². The normalized spacial score (nSPS) is 12.5. The molecule has 0 aliphatic heterocycles. The number of benzene rings is 1. The third-order valence-corrected chi connectivity index (χ3v) is 3.69. The number of carbonyl (C=O) groups excluding carboxylic acids is 2. The van der Waals surface area contributed by atoms with Crippen LogP contribution in [-0.2, 0) is 4.79 Å². The molecule has 0 fully saturated rings. The van der Waals surface area contributed by atoms with Gasteiger partial charge in [0.2, 0.25) is 0 Å². The second-order valence-electron chi connectivity index (χ2n) is 6.06. The maximum absolute atomic E-state index is 11.7. The number of aliphatic hydroxyl groups is 1. The van der Waals surface area contributed by atoms with Gasteiger partial charge in [-0.05, 0) is 51.2 Å². The third kappa shape index (κ3) is 6.96. The van der Waals surface area contributed by atoms with Crippen molar-refractivity contribution < 1.29 is 24.9 Å². The Morgan fingerprint density at radius 2 is 1.83 bits per heavy atom. The van der Waals surface area contributed by atoms with Gasteiger partial charge in [-0.25, -0.2) is 0 Å². The fourth-order valence-electron chi connectivity index (χ4n) is 2.50. The molecule has 5 nitrogen and oxygen atoms in total. The average Bonchev–Trinajstić information content (AvgIpc) is 2.45. The zero-order chi connectivity index (χ0) is 18.1. The molecular weight excluding hydrogens is 308 g/mol. The van der Waals surface area contributed by atoms with Crippen molar-refractivity contribution in [1.29, 1.82) is 0 Å². The van der Waals surface area contributed by atoms with E-state index in [1.807, 2.05) is 6.08 Å². The van der Waals surface area contributed by atoms with Crippen LogP contribution in [0.25, 0.3) is 6.08 Å². The summed E-state index contributed by atoms with van der Waals surface area (Å²) in [6.45, 7) is 3.07. The van der Waals surface area contributed by atoms with Crippen LogP contribution in [0.3, 0.4) is 0 Å². The van der Waals surface area contributed by atoms with Crippen molar-refractivity contribution in [2.45, 2.75) is 58.5 Å². The number of unbranched alkanes of at least 4 members (excludes halogenated alkanes) is 1. The molecule has 0 aliphatic rings. The Bertz CT molecular complexity index is 602. The fourth-order valence-corrected chi connectivity index (χ4v) is 2.50. The van der Waals surface area contributed by atoms with Gasteiger partial charge in [0.1, 0.15) is 17.3 Å². The molecule has 0 radical (unpaired) electrons. The number of aromatic hydroxyl groups is 2. The number of phenolic OH excluding ortho intramolecular Hbond substituents is 2. The Morgan fingerprint density at radius 3 is 2.46 bits per heavy atom. The molecule has 0 aliphatic carbocycles. The first-order chi connectivity index (χ1) is 11.3. The van der Waals surface area contributed by atoms with E-state index in [0.29, 0.717) is 44.1 Å².